The van der Waals surface area contributed by atoms with Crippen LogP contribution in [0.2, 0.25) is 0 Å². The Morgan fingerprint density at radius 3 is 2.74 bits per heavy atom. The van der Waals surface area contributed by atoms with E-state index in [1.165, 1.54) is 0 Å². The van der Waals surface area contributed by atoms with Crippen LogP contribution in [0.25, 0.3) is 0 Å². The number of carbonyl (C=O) groups excluding carboxylic acids is 1. The van der Waals surface area contributed by atoms with Gasteiger partial charge in [-0.1, -0.05) is 18.2 Å². The van der Waals surface area contributed by atoms with Crippen molar-refractivity contribution in [2.45, 2.75) is 25.7 Å². The van der Waals surface area contributed by atoms with Gasteiger partial charge in [0.05, 0.1) is 0 Å². The Bertz CT molecular complexity index is 907. The maximum atomic E-state index is 12.3. The van der Waals surface area contributed by atoms with Crippen LogP contribution >= 0.6 is 0 Å². The summed E-state index contributed by atoms with van der Waals surface area (Å²) in [6.07, 6.45) is 2.09. The molecule has 2 N–H and O–H groups in total. The minimum Gasteiger partial charge on any atom is -0.354 e. The van der Waals surface area contributed by atoms with Crippen LogP contribution in [-0.4, -0.2) is 44.4 Å². The Balaban J connectivity index is 1.43. The highest BCUT2D eigenvalue weighted by molar-refractivity contribution is 6.02. The van der Waals surface area contributed by atoms with Gasteiger partial charge < -0.3 is 10.2 Å². The fourth-order valence-electron chi connectivity index (χ4n) is 3.27. The second-order valence-corrected chi connectivity index (χ2v) is 6.66. The molecule has 0 spiro atoms. The first-order valence-corrected chi connectivity index (χ1v) is 9.03. The number of para-hydroxylation sites is 1. The van der Waals surface area contributed by atoms with Crippen LogP contribution < -0.4 is 10.2 Å². The highest BCUT2D eigenvalue weighted by Gasteiger charge is 2.25. The van der Waals surface area contributed by atoms with Crippen LogP contribution in [0, 0.1) is 6.92 Å². The number of aromatic amines is 1. The Labute approximate surface area is 157 Å². The number of benzene rings is 1. The van der Waals surface area contributed by atoms with Gasteiger partial charge in [-0.15, -0.1) is 10.2 Å². The lowest BCUT2D eigenvalue weighted by atomic mass is 9.97. The Kier molecular flexibility index (Phi) is 4.78. The van der Waals surface area contributed by atoms with Gasteiger partial charge in [0.2, 0.25) is 0 Å². The third-order valence-corrected chi connectivity index (χ3v) is 4.64. The Morgan fingerprint density at radius 1 is 1.19 bits per heavy atom. The van der Waals surface area contributed by atoms with E-state index >= 15 is 0 Å². The molecule has 0 radical (unpaired) electrons. The maximum absolute atomic E-state index is 12.3. The molecule has 138 valence electrons. The van der Waals surface area contributed by atoms with Crippen LogP contribution in [0.4, 0.5) is 11.5 Å². The molecule has 3 aromatic rings. The molecule has 1 amide bonds. The second kappa shape index (κ2) is 7.53. The van der Waals surface area contributed by atoms with E-state index in [0.29, 0.717) is 5.69 Å². The molecule has 1 saturated heterocycles. The predicted octanol–water partition coefficient (Wildman–Crippen LogP) is 2.54. The van der Waals surface area contributed by atoms with Gasteiger partial charge in [0.1, 0.15) is 5.82 Å². The third kappa shape index (κ3) is 3.94. The molecule has 1 fully saturated rings. The molecule has 2 aromatic heterocycles. The van der Waals surface area contributed by atoms with Crippen LogP contribution in [-0.2, 0) is 0 Å². The zero-order valence-electron chi connectivity index (χ0n) is 15.1. The number of nitrogens with one attached hydrogen (secondary N) is 2. The number of nitrogens with zero attached hydrogens (tertiary/aromatic N) is 5. The zero-order chi connectivity index (χ0) is 18.6. The summed E-state index contributed by atoms with van der Waals surface area (Å²) in [5.74, 6) is 2.45. The average molecular weight is 363 g/mol. The molecule has 0 aliphatic carbocycles. The van der Waals surface area contributed by atoms with Gasteiger partial charge in [0, 0.05) is 24.7 Å². The summed E-state index contributed by atoms with van der Waals surface area (Å²) in [5.41, 5.74) is 1.02. The summed E-state index contributed by atoms with van der Waals surface area (Å²) in [6.45, 7) is 3.60. The smallest absolute Gasteiger partial charge is 0.276 e. The first-order valence-electron chi connectivity index (χ1n) is 9.03. The van der Waals surface area contributed by atoms with Crippen LogP contribution in [0.1, 0.15) is 40.9 Å². The maximum Gasteiger partial charge on any atom is 0.276 e. The molecule has 0 bridgehead atoms. The van der Waals surface area contributed by atoms with Crippen LogP contribution in [0.3, 0.4) is 0 Å². The number of carbonyl (C=O) groups is 1. The quantitative estimate of drug-likeness (QED) is 0.739. The summed E-state index contributed by atoms with van der Waals surface area (Å²) >= 11 is 0. The number of H-pyrrole nitrogens is 1. The van der Waals surface area contributed by atoms with Crippen molar-refractivity contribution in [2.75, 3.05) is 23.3 Å². The monoisotopic (exact) mass is 363 g/mol. The third-order valence-electron chi connectivity index (χ3n) is 4.64. The van der Waals surface area contributed by atoms with Crippen LogP contribution in [0.5, 0.6) is 0 Å². The van der Waals surface area contributed by atoms with Gasteiger partial charge in [0.25, 0.3) is 5.91 Å². The van der Waals surface area contributed by atoms with E-state index in [4.69, 9.17) is 0 Å². The van der Waals surface area contributed by atoms with E-state index in [0.717, 1.165) is 49.1 Å². The number of piperidine rings is 1. The molecule has 1 aromatic carbocycles. The van der Waals surface area contributed by atoms with E-state index < -0.39 is 0 Å². The van der Waals surface area contributed by atoms with Gasteiger partial charge in [-0.25, -0.2) is 4.98 Å². The number of hydrogen-bond acceptors (Lipinski definition) is 6. The fraction of sp³-hybridized carbons (Fsp3) is 0.316. The molecular formula is C19H21N7O. The largest absolute Gasteiger partial charge is 0.354 e. The second-order valence-electron chi connectivity index (χ2n) is 6.66. The van der Waals surface area contributed by atoms with E-state index in [1.54, 1.807) is 6.07 Å². The first-order chi connectivity index (χ1) is 13.2. The number of rotatable bonds is 4. The number of aromatic nitrogens is 5. The Hall–Kier alpha value is -3.29. The predicted molar refractivity (Wildman–Crippen MR) is 102 cm³/mol. The molecule has 1 atom stereocenters. The number of anilines is 2. The van der Waals surface area contributed by atoms with Gasteiger partial charge in [-0.05, 0) is 44.0 Å². The van der Waals surface area contributed by atoms with E-state index in [2.05, 4.69) is 35.6 Å². The fourth-order valence-corrected chi connectivity index (χ4v) is 3.27. The van der Waals surface area contributed by atoms with Crippen LogP contribution in [0.15, 0.2) is 42.5 Å². The van der Waals surface area contributed by atoms with Crippen molar-refractivity contribution >= 4 is 17.4 Å². The van der Waals surface area contributed by atoms with Crippen molar-refractivity contribution in [1.29, 1.82) is 0 Å². The van der Waals surface area contributed by atoms with Crippen molar-refractivity contribution in [3.05, 3.63) is 59.8 Å². The van der Waals surface area contributed by atoms with Crippen molar-refractivity contribution in [2.24, 2.45) is 0 Å². The van der Waals surface area contributed by atoms with Gasteiger partial charge in [-0.2, -0.15) is 5.10 Å². The first kappa shape index (κ1) is 17.1. The van der Waals surface area contributed by atoms with E-state index in [9.17, 15) is 4.79 Å². The lowest BCUT2D eigenvalue weighted by Gasteiger charge is -2.31. The molecular weight excluding hydrogens is 342 g/mol. The highest BCUT2D eigenvalue weighted by atomic mass is 16.1. The van der Waals surface area contributed by atoms with Crippen molar-refractivity contribution in [1.82, 2.24) is 25.4 Å². The molecule has 1 aliphatic rings. The molecule has 1 unspecified atom stereocenters. The van der Waals surface area contributed by atoms with Crippen molar-refractivity contribution < 1.29 is 4.79 Å². The van der Waals surface area contributed by atoms with Crippen molar-refractivity contribution in [3.63, 3.8) is 0 Å². The topological polar surface area (TPSA) is 99.7 Å². The number of hydrogen-bond donors (Lipinski definition) is 2. The standard InChI is InChI=1S/C19H21N7O/c1-13-20-18(25-22-13)14-6-5-11-26(12-14)17-10-9-16(23-24-17)19(27)21-15-7-3-2-4-8-15/h2-4,7-10,14H,5-6,11-12H2,1H3,(H,21,27)(H,20,22,25). The molecule has 3 heterocycles. The number of amides is 1. The summed E-state index contributed by atoms with van der Waals surface area (Å²) in [6, 6.07) is 12.9. The average Bonchev–Trinajstić information content (AvgIpc) is 3.15. The summed E-state index contributed by atoms with van der Waals surface area (Å²) in [5, 5.41) is 18.4. The molecule has 8 nitrogen and oxygen atoms in total. The van der Waals surface area contributed by atoms with Gasteiger partial charge in [-0.3, -0.25) is 9.89 Å². The molecule has 4 rings (SSSR count). The zero-order valence-corrected chi connectivity index (χ0v) is 15.1. The molecule has 1 aliphatic heterocycles. The summed E-state index contributed by atoms with van der Waals surface area (Å²) < 4.78 is 0. The normalized spacial score (nSPS) is 16.9. The molecule has 0 saturated carbocycles. The Morgan fingerprint density at radius 2 is 2.04 bits per heavy atom. The minimum atomic E-state index is -0.270. The van der Waals surface area contributed by atoms with Crippen molar-refractivity contribution in [3.8, 4) is 0 Å². The minimum absolute atomic E-state index is 0.270. The summed E-state index contributed by atoms with van der Waals surface area (Å²) in [4.78, 5) is 18.9. The number of aryl methyl sites for hydroxylation is 1. The highest BCUT2D eigenvalue weighted by Crippen LogP contribution is 2.27. The lowest BCUT2D eigenvalue weighted by Crippen LogP contribution is -2.35. The molecule has 27 heavy (non-hydrogen) atoms. The molecule has 8 heteroatoms. The lowest BCUT2D eigenvalue weighted by molar-refractivity contribution is 0.102. The van der Waals surface area contributed by atoms with E-state index in [1.807, 2.05) is 43.3 Å². The van der Waals surface area contributed by atoms with Gasteiger partial charge >= 0.3 is 0 Å². The summed E-state index contributed by atoms with van der Waals surface area (Å²) in [7, 11) is 0. The van der Waals surface area contributed by atoms with E-state index in [-0.39, 0.29) is 11.8 Å². The SMILES string of the molecule is Cc1nc(C2CCCN(c3ccc(C(=O)Nc4ccccc4)nn3)C2)n[nH]1. The van der Waals surface area contributed by atoms with Gasteiger partial charge in [0.15, 0.2) is 17.3 Å².